The molecule has 1 aliphatic rings. The van der Waals surface area contributed by atoms with Gasteiger partial charge >= 0.3 is 0 Å². The molecule has 1 amide bonds. The van der Waals surface area contributed by atoms with Crippen LogP contribution in [0.2, 0.25) is 0 Å². The van der Waals surface area contributed by atoms with Crippen LogP contribution in [0.1, 0.15) is 12.8 Å². The van der Waals surface area contributed by atoms with Gasteiger partial charge in [0.05, 0.1) is 16.1 Å². The summed E-state index contributed by atoms with van der Waals surface area (Å²) < 4.78 is 1.20. The number of thioether (sulfide) groups is 1. The van der Waals surface area contributed by atoms with Crippen molar-refractivity contribution in [3.8, 4) is 0 Å². The number of nitrogens with zero attached hydrogens (tertiary/aromatic N) is 2. The van der Waals surface area contributed by atoms with Crippen molar-refractivity contribution < 1.29 is 4.79 Å². The number of hydrogen-bond acceptors (Lipinski definition) is 5. The topological polar surface area (TPSA) is 45.2 Å². The minimum absolute atomic E-state index is 0.00371. The van der Waals surface area contributed by atoms with Crippen molar-refractivity contribution in [2.24, 2.45) is 5.92 Å². The Labute approximate surface area is 161 Å². The number of fused-ring (bicyclic) bond motifs is 1. The Kier molecular flexibility index (Phi) is 5.13. The normalized spacial score (nSPS) is 17.4. The molecule has 1 aromatic heterocycles. The van der Waals surface area contributed by atoms with Crippen LogP contribution < -0.4 is 10.2 Å². The van der Waals surface area contributed by atoms with E-state index < -0.39 is 0 Å². The third-order valence-corrected chi connectivity index (χ3v) is 6.54. The van der Waals surface area contributed by atoms with E-state index in [1.54, 1.807) is 23.1 Å². The summed E-state index contributed by atoms with van der Waals surface area (Å²) in [6.07, 6.45) is 3.99. The van der Waals surface area contributed by atoms with Crippen LogP contribution in [0, 0.1) is 5.92 Å². The molecule has 0 radical (unpaired) electrons. The maximum Gasteiger partial charge on any atom is 0.229 e. The zero-order chi connectivity index (χ0) is 17.9. The molecule has 1 unspecified atom stereocenters. The molecular formula is C20H21N3OS2. The van der Waals surface area contributed by atoms with E-state index >= 15 is 0 Å². The van der Waals surface area contributed by atoms with Gasteiger partial charge in [-0.1, -0.05) is 23.5 Å². The lowest BCUT2D eigenvalue weighted by molar-refractivity contribution is -0.120. The number of hydrogen-bond donors (Lipinski definition) is 1. The van der Waals surface area contributed by atoms with E-state index in [4.69, 9.17) is 4.98 Å². The predicted molar refractivity (Wildman–Crippen MR) is 111 cm³/mol. The fourth-order valence-electron chi connectivity index (χ4n) is 3.28. The summed E-state index contributed by atoms with van der Waals surface area (Å²) in [6.45, 7) is 1.70. The minimum atomic E-state index is -0.00371. The highest BCUT2D eigenvalue weighted by molar-refractivity contribution is 7.98. The zero-order valence-corrected chi connectivity index (χ0v) is 16.3. The highest BCUT2D eigenvalue weighted by atomic mass is 32.2. The van der Waals surface area contributed by atoms with Gasteiger partial charge in [-0.3, -0.25) is 4.79 Å². The molecule has 1 N–H and O–H groups in total. The first kappa shape index (κ1) is 17.4. The summed E-state index contributed by atoms with van der Waals surface area (Å²) in [4.78, 5) is 20.9. The van der Waals surface area contributed by atoms with E-state index in [2.05, 4.69) is 16.3 Å². The Hall–Kier alpha value is -2.05. The number of benzene rings is 2. The van der Waals surface area contributed by atoms with Crippen LogP contribution in [0.15, 0.2) is 53.4 Å². The predicted octanol–water partition coefficient (Wildman–Crippen LogP) is 4.87. The highest BCUT2D eigenvalue weighted by Gasteiger charge is 2.27. The number of para-hydroxylation sites is 1. The van der Waals surface area contributed by atoms with Gasteiger partial charge in [-0.25, -0.2) is 4.98 Å². The second kappa shape index (κ2) is 7.68. The lowest BCUT2D eigenvalue weighted by Gasteiger charge is -2.31. The molecule has 2 heterocycles. The second-order valence-corrected chi connectivity index (χ2v) is 8.36. The van der Waals surface area contributed by atoms with Crippen LogP contribution >= 0.6 is 23.1 Å². The van der Waals surface area contributed by atoms with Crippen molar-refractivity contribution >= 4 is 50.0 Å². The van der Waals surface area contributed by atoms with E-state index in [9.17, 15) is 4.79 Å². The number of aromatic nitrogens is 1. The van der Waals surface area contributed by atoms with Crippen molar-refractivity contribution in [3.05, 3.63) is 48.5 Å². The molecule has 4 nitrogen and oxygen atoms in total. The van der Waals surface area contributed by atoms with Crippen molar-refractivity contribution in [2.75, 3.05) is 29.6 Å². The molecule has 1 fully saturated rings. The number of thiazole rings is 1. The number of carbonyl (C=O) groups is 1. The maximum absolute atomic E-state index is 12.7. The van der Waals surface area contributed by atoms with E-state index in [1.165, 1.54) is 9.60 Å². The first-order valence-electron chi connectivity index (χ1n) is 8.78. The number of rotatable bonds is 4. The van der Waals surface area contributed by atoms with Crippen LogP contribution in [0.5, 0.6) is 0 Å². The van der Waals surface area contributed by atoms with E-state index in [-0.39, 0.29) is 11.8 Å². The summed E-state index contributed by atoms with van der Waals surface area (Å²) in [5, 5.41) is 4.09. The summed E-state index contributed by atoms with van der Waals surface area (Å²) in [6, 6.07) is 16.2. The van der Waals surface area contributed by atoms with Gasteiger partial charge in [0.15, 0.2) is 5.13 Å². The van der Waals surface area contributed by atoms with Gasteiger partial charge in [-0.15, -0.1) is 11.8 Å². The van der Waals surface area contributed by atoms with Gasteiger partial charge in [0, 0.05) is 23.7 Å². The number of amides is 1. The SMILES string of the molecule is CSc1ccc(NC(=O)C2CCCN(c3nc4ccccc4s3)C2)cc1. The number of nitrogens with one attached hydrogen (secondary N) is 1. The Balaban J connectivity index is 1.44. The molecule has 0 spiro atoms. The fraction of sp³-hybridized carbons (Fsp3) is 0.300. The number of carbonyl (C=O) groups excluding carboxylic acids is 1. The van der Waals surface area contributed by atoms with Crippen LogP contribution in [-0.2, 0) is 4.79 Å². The molecular weight excluding hydrogens is 362 g/mol. The van der Waals surface area contributed by atoms with Gasteiger partial charge in [-0.2, -0.15) is 0 Å². The Morgan fingerprint density at radius 2 is 2.04 bits per heavy atom. The van der Waals surface area contributed by atoms with Gasteiger partial charge in [0.25, 0.3) is 0 Å². The van der Waals surface area contributed by atoms with Gasteiger partial charge in [-0.05, 0) is 55.5 Å². The van der Waals surface area contributed by atoms with E-state index in [0.29, 0.717) is 0 Å². The first-order valence-corrected chi connectivity index (χ1v) is 10.8. The van der Waals surface area contributed by atoms with Gasteiger partial charge in [0.1, 0.15) is 0 Å². The van der Waals surface area contributed by atoms with E-state index in [0.717, 1.165) is 42.3 Å². The second-order valence-electron chi connectivity index (χ2n) is 6.47. The van der Waals surface area contributed by atoms with Crippen LogP contribution in [0.3, 0.4) is 0 Å². The summed E-state index contributed by atoms with van der Waals surface area (Å²) in [5.74, 6) is 0.101. The van der Waals surface area contributed by atoms with Crippen molar-refractivity contribution in [1.29, 1.82) is 0 Å². The number of anilines is 2. The molecule has 4 rings (SSSR count). The smallest absolute Gasteiger partial charge is 0.229 e. The molecule has 6 heteroatoms. The molecule has 1 saturated heterocycles. The third kappa shape index (κ3) is 3.71. The lowest BCUT2D eigenvalue weighted by Crippen LogP contribution is -2.40. The maximum atomic E-state index is 12.7. The lowest BCUT2D eigenvalue weighted by atomic mass is 9.97. The standard InChI is InChI=1S/C20H21N3OS2/c1-25-16-10-8-15(9-11-16)21-19(24)14-5-4-12-23(13-14)20-22-17-6-2-3-7-18(17)26-20/h2-3,6-11,14H,4-5,12-13H2,1H3,(H,21,24). The summed E-state index contributed by atoms with van der Waals surface area (Å²) in [7, 11) is 0. The van der Waals surface area contributed by atoms with Crippen molar-refractivity contribution in [2.45, 2.75) is 17.7 Å². The highest BCUT2D eigenvalue weighted by Crippen LogP contribution is 2.31. The van der Waals surface area contributed by atoms with Crippen molar-refractivity contribution in [1.82, 2.24) is 4.98 Å². The largest absolute Gasteiger partial charge is 0.347 e. The number of piperidine rings is 1. The van der Waals surface area contributed by atoms with Gasteiger partial charge in [0.2, 0.25) is 5.91 Å². The molecule has 0 bridgehead atoms. The molecule has 0 aliphatic carbocycles. The van der Waals surface area contributed by atoms with Crippen LogP contribution in [0.4, 0.5) is 10.8 Å². The Morgan fingerprint density at radius 1 is 1.23 bits per heavy atom. The molecule has 1 aliphatic heterocycles. The van der Waals surface area contributed by atoms with Gasteiger partial charge < -0.3 is 10.2 Å². The molecule has 1 atom stereocenters. The first-order chi connectivity index (χ1) is 12.7. The minimum Gasteiger partial charge on any atom is -0.347 e. The fourth-order valence-corrected chi connectivity index (χ4v) is 4.69. The van der Waals surface area contributed by atoms with Crippen molar-refractivity contribution in [3.63, 3.8) is 0 Å². The average Bonchev–Trinajstić information content (AvgIpc) is 3.13. The summed E-state index contributed by atoms with van der Waals surface area (Å²) in [5.41, 5.74) is 1.90. The molecule has 0 saturated carbocycles. The monoisotopic (exact) mass is 383 g/mol. The molecule has 26 heavy (non-hydrogen) atoms. The van der Waals surface area contributed by atoms with Crippen LogP contribution in [0.25, 0.3) is 10.2 Å². The summed E-state index contributed by atoms with van der Waals surface area (Å²) >= 11 is 3.41. The molecule has 134 valence electrons. The Bertz CT molecular complexity index is 874. The third-order valence-electron chi connectivity index (χ3n) is 4.70. The molecule has 2 aromatic carbocycles. The average molecular weight is 384 g/mol. The van der Waals surface area contributed by atoms with E-state index in [1.807, 2.05) is 48.7 Å². The zero-order valence-electron chi connectivity index (χ0n) is 14.6. The van der Waals surface area contributed by atoms with Crippen LogP contribution in [-0.4, -0.2) is 30.2 Å². The molecule has 3 aromatic rings. The quantitative estimate of drug-likeness (QED) is 0.653. The Morgan fingerprint density at radius 3 is 2.81 bits per heavy atom.